The Morgan fingerprint density at radius 1 is 1.46 bits per heavy atom. The normalized spacial score (nSPS) is 30.0. The van der Waals surface area contributed by atoms with Gasteiger partial charge in [0.2, 0.25) is 0 Å². The molecule has 1 aliphatic heterocycles. The predicted octanol–water partition coefficient (Wildman–Crippen LogP) is -0.187. The third-order valence-electron chi connectivity index (χ3n) is 2.15. The second-order valence-corrected chi connectivity index (χ2v) is 3.32. The van der Waals surface area contributed by atoms with Crippen LogP contribution in [-0.4, -0.2) is 55.0 Å². The highest BCUT2D eigenvalue weighted by Crippen LogP contribution is 2.18. The molecule has 0 aromatic rings. The predicted molar refractivity (Wildman–Crippen MR) is 41.3 cm³/mol. The van der Waals surface area contributed by atoms with Gasteiger partial charge in [0.15, 0.2) is 0 Å². The molecule has 0 spiro atoms. The second-order valence-electron chi connectivity index (χ2n) is 3.32. The van der Waals surface area contributed by atoms with E-state index in [0.717, 1.165) is 4.90 Å². The third kappa shape index (κ3) is 3.13. The molecule has 1 rings (SSSR count). The number of likely N-dealkylation sites (N-methyl/N-ethyl adjacent to an activating group) is 1. The van der Waals surface area contributed by atoms with Crippen LogP contribution in [0.25, 0.3) is 0 Å². The summed E-state index contributed by atoms with van der Waals surface area (Å²) in [7, 11) is 1.37. The Morgan fingerprint density at radius 3 is 2.46 bits per heavy atom. The molecule has 1 saturated heterocycles. The molecule has 0 saturated carbocycles. The number of alkyl halides is 3. The highest BCUT2D eigenvalue weighted by Gasteiger charge is 2.36. The molecule has 6 heteroatoms. The van der Waals surface area contributed by atoms with Crippen molar-refractivity contribution < 1.29 is 18.3 Å². The van der Waals surface area contributed by atoms with Crippen molar-refractivity contribution in [2.75, 3.05) is 26.7 Å². The zero-order valence-electron chi connectivity index (χ0n) is 7.30. The third-order valence-corrected chi connectivity index (χ3v) is 2.15. The van der Waals surface area contributed by atoms with Crippen molar-refractivity contribution in [3.8, 4) is 0 Å². The average Bonchev–Trinajstić information content (AvgIpc) is 2.30. The van der Waals surface area contributed by atoms with Crippen LogP contribution in [-0.2, 0) is 0 Å². The Hall–Kier alpha value is -0.330. The summed E-state index contributed by atoms with van der Waals surface area (Å²) >= 11 is 0. The largest absolute Gasteiger partial charge is 0.401 e. The fourth-order valence-electron chi connectivity index (χ4n) is 1.50. The standard InChI is InChI=1S/C7H13F3N2O/c1-12(4-7(8,9)10)5-2-11-3-6(5)13/h5-6,11,13H,2-4H2,1H3/t5-,6-/m1/s1. The Labute approximate surface area is 74.5 Å². The monoisotopic (exact) mass is 198 g/mol. The Morgan fingerprint density at radius 2 is 2.08 bits per heavy atom. The summed E-state index contributed by atoms with van der Waals surface area (Å²) in [6, 6.07) is -0.429. The smallest absolute Gasteiger partial charge is 0.390 e. The van der Waals surface area contributed by atoms with Crippen molar-refractivity contribution in [2.24, 2.45) is 0 Å². The van der Waals surface area contributed by atoms with Crippen LogP contribution < -0.4 is 5.32 Å². The van der Waals surface area contributed by atoms with Gasteiger partial charge >= 0.3 is 6.18 Å². The van der Waals surface area contributed by atoms with Crippen molar-refractivity contribution in [1.29, 1.82) is 0 Å². The lowest BCUT2D eigenvalue weighted by Crippen LogP contribution is -2.45. The summed E-state index contributed by atoms with van der Waals surface area (Å²) in [5.41, 5.74) is 0. The number of nitrogens with zero attached hydrogens (tertiary/aromatic N) is 1. The molecule has 0 unspecified atom stereocenters. The van der Waals surface area contributed by atoms with Gasteiger partial charge in [-0.05, 0) is 7.05 Å². The molecule has 0 radical (unpaired) electrons. The summed E-state index contributed by atoms with van der Waals surface area (Å²) < 4.78 is 35.8. The van der Waals surface area contributed by atoms with E-state index in [4.69, 9.17) is 0 Å². The topological polar surface area (TPSA) is 35.5 Å². The van der Waals surface area contributed by atoms with Gasteiger partial charge in [-0.1, -0.05) is 0 Å². The number of halogens is 3. The van der Waals surface area contributed by atoms with Gasteiger partial charge in [-0.3, -0.25) is 4.90 Å². The molecule has 0 aromatic carbocycles. The van der Waals surface area contributed by atoms with Gasteiger partial charge in [-0.25, -0.2) is 0 Å². The molecule has 3 nitrogen and oxygen atoms in total. The van der Waals surface area contributed by atoms with Crippen molar-refractivity contribution in [3.05, 3.63) is 0 Å². The molecule has 0 amide bonds. The fraction of sp³-hybridized carbons (Fsp3) is 1.00. The summed E-state index contributed by atoms with van der Waals surface area (Å²) in [5, 5.41) is 12.1. The van der Waals surface area contributed by atoms with Crippen molar-refractivity contribution in [1.82, 2.24) is 10.2 Å². The Bertz CT molecular complexity index is 174. The number of hydrogen-bond acceptors (Lipinski definition) is 3. The van der Waals surface area contributed by atoms with E-state index in [9.17, 15) is 18.3 Å². The van der Waals surface area contributed by atoms with Crippen LogP contribution in [0.3, 0.4) is 0 Å². The SMILES string of the molecule is CN(CC(F)(F)F)[C@@H]1CNC[C@H]1O. The lowest BCUT2D eigenvalue weighted by Gasteiger charge is -2.26. The molecule has 1 aliphatic rings. The average molecular weight is 198 g/mol. The van der Waals surface area contributed by atoms with Crippen LogP contribution in [0.5, 0.6) is 0 Å². The summed E-state index contributed by atoms with van der Waals surface area (Å²) in [4.78, 5) is 1.13. The molecular weight excluding hydrogens is 185 g/mol. The maximum Gasteiger partial charge on any atom is 0.401 e. The molecule has 2 atom stereocenters. The lowest BCUT2D eigenvalue weighted by molar-refractivity contribution is -0.149. The summed E-state index contributed by atoms with van der Waals surface area (Å²) in [6.07, 6.45) is -4.90. The van der Waals surface area contributed by atoms with E-state index < -0.39 is 24.9 Å². The number of aliphatic hydroxyl groups excluding tert-OH is 1. The van der Waals surface area contributed by atoms with Crippen LogP contribution in [0.4, 0.5) is 13.2 Å². The van der Waals surface area contributed by atoms with Crippen LogP contribution in [0.15, 0.2) is 0 Å². The first kappa shape index (κ1) is 10.7. The van der Waals surface area contributed by atoms with E-state index in [0.29, 0.717) is 13.1 Å². The maximum atomic E-state index is 11.9. The van der Waals surface area contributed by atoms with Crippen molar-refractivity contribution in [2.45, 2.75) is 18.3 Å². The Balaban J connectivity index is 2.43. The molecule has 1 fully saturated rings. The zero-order chi connectivity index (χ0) is 10.1. The van der Waals surface area contributed by atoms with Gasteiger partial charge in [-0.2, -0.15) is 13.2 Å². The quantitative estimate of drug-likeness (QED) is 0.645. The van der Waals surface area contributed by atoms with E-state index in [2.05, 4.69) is 5.32 Å². The van der Waals surface area contributed by atoms with E-state index in [1.54, 1.807) is 0 Å². The van der Waals surface area contributed by atoms with E-state index >= 15 is 0 Å². The van der Waals surface area contributed by atoms with Crippen LogP contribution >= 0.6 is 0 Å². The molecule has 13 heavy (non-hydrogen) atoms. The van der Waals surface area contributed by atoms with E-state index in [-0.39, 0.29) is 0 Å². The minimum absolute atomic E-state index is 0.368. The van der Waals surface area contributed by atoms with E-state index in [1.807, 2.05) is 0 Å². The van der Waals surface area contributed by atoms with Crippen LogP contribution in [0.2, 0.25) is 0 Å². The fourth-order valence-corrected chi connectivity index (χ4v) is 1.50. The maximum absolute atomic E-state index is 11.9. The number of aliphatic hydroxyl groups is 1. The molecule has 0 aliphatic carbocycles. The Kier molecular flexibility index (Phi) is 3.15. The summed E-state index contributed by atoms with van der Waals surface area (Å²) in [5.74, 6) is 0. The number of β-amino-alcohol motifs (C(OH)–C–C–N with tert-alkyl or cyclic N) is 1. The first-order chi connectivity index (χ1) is 5.90. The first-order valence-electron chi connectivity index (χ1n) is 4.06. The van der Waals surface area contributed by atoms with Gasteiger partial charge < -0.3 is 10.4 Å². The van der Waals surface area contributed by atoms with Gasteiger partial charge in [-0.15, -0.1) is 0 Å². The molecule has 78 valence electrons. The molecule has 0 bridgehead atoms. The summed E-state index contributed by atoms with van der Waals surface area (Å²) in [6.45, 7) is -0.197. The van der Waals surface area contributed by atoms with E-state index in [1.165, 1.54) is 7.05 Å². The van der Waals surface area contributed by atoms with Crippen LogP contribution in [0.1, 0.15) is 0 Å². The van der Waals surface area contributed by atoms with Gasteiger partial charge in [0.05, 0.1) is 12.6 Å². The minimum Gasteiger partial charge on any atom is -0.390 e. The van der Waals surface area contributed by atoms with Gasteiger partial charge in [0, 0.05) is 19.1 Å². The van der Waals surface area contributed by atoms with Crippen molar-refractivity contribution in [3.63, 3.8) is 0 Å². The zero-order valence-corrected chi connectivity index (χ0v) is 7.30. The molecule has 1 heterocycles. The number of rotatable bonds is 2. The molecule has 2 N–H and O–H groups in total. The van der Waals surface area contributed by atoms with Gasteiger partial charge in [0.1, 0.15) is 0 Å². The molecular formula is C7H13F3N2O. The number of hydrogen-bond donors (Lipinski definition) is 2. The number of nitrogens with one attached hydrogen (secondary N) is 1. The van der Waals surface area contributed by atoms with Crippen LogP contribution in [0, 0.1) is 0 Å². The first-order valence-corrected chi connectivity index (χ1v) is 4.06. The van der Waals surface area contributed by atoms with Crippen molar-refractivity contribution >= 4 is 0 Å². The van der Waals surface area contributed by atoms with Gasteiger partial charge in [0.25, 0.3) is 0 Å². The molecule has 0 aromatic heterocycles. The highest BCUT2D eigenvalue weighted by molar-refractivity contribution is 4.87. The second kappa shape index (κ2) is 3.81. The minimum atomic E-state index is -4.20. The lowest BCUT2D eigenvalue weighted by atomic mass is 10.2. The highest BCUT2D eigenvalue weighted by atomic mass is 19.4.